The van der Waals surface area contributed by atoms with Crippen LogP contribution in [-0.4, -0.2) is 12.3 Å². The fraction of sp³-hybridized carbons (Fsp3) is 0.917. The highest BCUT2D eigenvalue weighted by Crippen LogP contribution is 2.11. The van der Waals surface area contributed by atoms with Gasteiger partial charge in [-0.3, -0.25) is 4.99 Å². The van der Waals surface area contributed by atoms with Gasteiger partial charge in [0.25, 0.3) is 0 Å². The summed E-state index contributed by atoms with van der Waals surface area (Å²) in [4.78, 5) is 4.37. The summed E-state index contributed by atoms with van der Waals surface area (Å²) in [6.07, 6.45) is 8.70. The van der Waals surface area contributed by atoms with Gasteiger partial charge in [0.1, 0.15) is 0 Å². The van der Waals surface area contributed by atoms with E-state index in [2.05, 4.69) is 38.9 Å². The van der Waals surface area contributed by atoms with Gasteiger partial charge in [-0.2, -0.15) is 0 Å². The van der Waals surface area contributed by atoms with Gasteiger partial charge in [0.15, 0.2) is 0 Å². The van der Waals surface area contributed by atoms with E-state index in [4.69, 9.17) is 0 Å². The second-order valence-electron chi connectivity index (χ2n) is 4.26. The molecule has 0 amide bonds. The van der Waals surface area contributed by atoms with E-state index in [0.717, 1.165) is 12.3 Å². The zero-order chi connectivity index (χ0) is 10.1. The molecule has 0 bridgehead atoms. The molecule has 0 N–H and O–H groups in total. The van der Waals surface area contributed by atoms with Gasteiger partial charge in [-0.1, -0.05) is 39.5 Å². The third-order valence-electron chi connectivity index (χ3n) is 2.21. The third-order valence-corrected chi connectivity index (χ3v) is 2.21. The maximum Gasteiger partial charge on any atom is 0.0439 e. The van der Waals surface area contributed by atoms with Crippen molar-refractivity contribution >= 4 is 6.21 Å². The smallest absolute Gasteiger partial charge is 0.0439 e. The number of hydrogen-bond donors (Lipinski definition) is 0. The first-order chi connectivity index (χ1) is 6.16. The van der Waals surface area contributed by atoms with E-state index < -0.39 is 0 Å². The first-order valence-corrected chi connectivity index (χ1v) is 5.68. The molecule has 0 fully saturated rings. The highest BCUT2D eigenvalue weighted by atomic mass is 14.7. The Bertz CT molecular complexity index is 127. The van der Waals surface area contributed by atoms with E-state index >= 15 is 0 Å². The highest BCUT2D eigenvalue weighted by molar-refractivity contribution is 5.57. The van der Waals surface area contributed by atoms with Crippen LogP contribution in [0.1, 0.15) is 59.8 Å². The summed E-state index contributed by atoms with van der Waals surface area (Å²) in [5, 5.41) is 0. The molecule has 0 aromatic carbocycles. The average molecular weight is 183 g/mol. The predicted molar refractivity (Wildman–Crippen MR) is 61.6 cm³/mol. The Morgan fingerprint density at radius 1 is 1.15 bits per heavy atom. The Kier molecular flexibility index (Phi) is 8.07. The molecular weight excluding hydrogens is 158 g/mol. The van der Waals surface area contributed by atoms with Crippen molar-refractivity contribution in [2.45, 2.75) is 65.8 Å². The largest absolute Gasteiger partial charge is 0.295 e. The van der Waals surface area contributed by atoms with Crippen LogP contribution in [0.15, 0.2) is 4.99 Å². The number of rotatable bonds is 7. The first-order valence-electron chi connectivity index (χ1n) is 5.68. The number of nitrogens with zero attached hydrogens (tertiary/aromatic N) is 1. The van der Waals surface area contributed by atoms with Crippen LogP contribution < -0.4 is 0 Å². The number of hydrogen-bond acceptors (Lipinski definition) is 1. The van der Waals surface area contributed by atoms with Crippen molar-refractivity contribution in [2.24, 2.45) is 10.9 Å². The van der Waals surface area contributed by atoms with E-state index in [-0.39, 0.29) is 0 Å². The molecule has 0 aliphatic rings. The molecule has 0 heterocycles. The molecule has 1 heteroatoms. The van der Waals surface area contributed by atoms with Crippen molar-refractivity contribution in [2.75, 3.05) is 0 Å². The second kappa shape index (κ2) is 8.28. The minimum atomic E-state index is 0.461. The molecular formula is C12H25N. The van der Waals surface area contributed by atoms with Crippen molar-refractivity contribution in [1.82, 2.24) is 0 Å². The lowest BCUT2D eigenvalue weighted by molar-refractivity contribution is 0.512. The second-order valence-corrected chi connectivity index (χ2v) is 4.26. The molecule has 1 unspecified atom stereocenters. The van der Waals surface area contributed by atoms with Gasteiger partial charge in [0.05, 0.1) is 0 Å². The minimum Gasteiger partial charge on any atom is -0.295 e. The van der Waals surface area contributed by atoms with E-state index in [1.807, 2.05) is 0 Å². The zero-order valence-electron chi connectivity index (χ0n) is 9.71. The van der Waals surface area contributed by atoms with Crippen molar-refractivity contribution in [1.29, 1.82) is 0 Å². The van der Waals surface area contributed by atoms with E-state index in [1.54, 1.807) is 0 Å². The molecule has 0 saturated heterocycles. The maximum atomic E-state index is 4.37. The van der Waals surface area contributed by atoms with Crippen LogP contribution in [0.5, 0.6) is 0 Å². The normalized spacial score (nSPS) is 14.2. The topological polar surface area (TPSA) is 12.4 Å². The quantitative estimate of drug-likeness (QED) is 0.417. The van der Waals surface area contributed by atoms with E-state index in [0.29, 0.717) is 6.04 Å². The van der Waals surface area contributed by atoms with Crippen LogP contribution in [0.2, 0.25) is 0 Å². The van der Waals surface area contributed by atoms with Gasteiger partial charge >= 0.3 is 0 Å². The predicted octanol–water partition coefficient (Wildman–Crippen LogP) is 4.07. The van der Waals surface area contributed by atoms with Crippen LogP contribution >= 0.6 is 0 Å². The summed E-state index contributed by atoms with van der Waals surface area (Å²) in [5.41, 5.74) is 0. The summed E-state index contributed by atoms with van der Waals surface area (Å²) >= 11 is 0. The average Bonchev–Trinajstić information content (AvgIpc) is 2.04. The Morgan fingerprint density at radius 2 is 1.85 bits per heavy atom. The Balaban J connectivity index is 3.34. The van der Waals surface area contributed by atoms with Crippen molar-refractivity contribution in [3.05, 3.63) is 0 Å². The third kappa shape index (κ3) is 9.59. The van der Waals surface area contributed by atoms with E-state index in [1.165, 1.54) is 25.7 Å². The Hall–Kier alpha value is -0.330. The summed E-state index contributed by atoms with van der Waals surface area (Å²) in [5.74, 6) is 0.814. The Labute approximate surface area is 83.6 Å². The fourth-order valence-electron chi connectivity index (χ4n) is 1.31. The van der Waals surface area contributed by atoms with Crippen LogP contribution in [0.25, 0.3) is 0 Å². The zero-order valence-corrected chi connectivity index (χ0v) is 9.71. The molecule has 0 aromatic rings. The lowest BCUT2D eigenvalue weighted by Crippen LogP contribution is -1.97. The molecule has 0 rings (SSSR count). The van der Waals surface area contributed by atoms with Crippen molar-refractivity contribution in [3.63, 3.8) is 0 Å². The molecule has 0 radical (unpaired) electrons. The molecule has 0 saturated carbocycles. The van der Waals surface area contributed by atoms with E-state index in [9.17, 15) is 0 Å². The minimum absolute atomic E-state index is 0.461. The molecule has 0 aliphatic heterocycles. The fourth-order valence-corrected chi connectivity index (χ4v) is 1.31. The van der Waals surface area contributed by atoms with Gasteiger partial charge in [-0.05, 0) is 32.4 Å². The molecule has 1 nitrogen and oxygen atoms in total. The molecule has 0 aliphatic carbocycles. The van der Waals surface area contributed by atoms with Gasteiger partial charge in [-0.15, -0.1) is 0 Å². The van der Waals surface area contributed by atoms with Crippen molar-refractivity contribution in [3.8, 4) is 0 Å². The first kappa shape index (κ1) is 12.7. The van der Waals surface area contributed by atoms with Crippen LogP contribution in [0.4, 0.5) is 0 Å². The SMILES string of the molecule is CCCCCC(C)CC=NC(C)C. The monoisotopic (exact) mass is 183 g/mol. The number of aliphatic imine (C=N–C) groups is 1. The molecule has 78 valence electrons. The summed E-state index contributed by atoms with van der Waals surface area (Å²) in [7, 11) is 0. The standard InChI is InChI=1S/C12H25N/c1-5-6-7-8-12(4)9-10-13-11(2)3/h10-12H,5-9H2,1-4H3. The molecule has 13 heavy (non-hydrogen) atoms. The maximum absolute atomic E-state index is 4.37. The molecule has 0 aromatic heterocycles. The van der Waals surface area contributed by atoms with Gasteiger partial charge in [0.2, 0.25) is 0 Å². The Morgan fingerprint density at radius 3 is 2.38 bits per heavy atom. The van der Waals surface area contributed by atoms with Gasteiger partial charge in [-0.25, -0.2) is 0 Å². The lowest BCUT2D eigenvalue weighted by atomic mass is 10.0. The summed E-state index contributed by atoms with van der Waals surface area (Å²) in [6.45, 7) is 8.82. The number of unbranched alkanes of at least 4 members (excludes halogenated alkanes) is 2. The lowest BCUT2D eigenvalue weighted by Gasteiger charge is -2.07. The van der Waals surface area contributed by atoms with Crippen LogP contribution in [-0.2, 0) is 0 Å². The molecule has 1 atom stereocenters. The van der Waals surface area contributed by atoms with Crippen LogP contribution in [0, 0.1) is 5.92 Å². The van der Waals surface area contributed by atoms with Crippen LogP contribution in [0.3, 0.4) is 0 Å². The molecule has 0 spiro atoms. The summed E-state index contributed by atoms with van der Waals surface area (Å²) in [6, 6.07) is 0.461. The van der Waals surface area contributed by atoms with Crippen molar-refractivity contribution < 1.29 is 0 Å². The van der Waals surface area contributed by atoms with Gasteiger partial charge in [0, 0.05) is 6.04 Å². The highest BCUT2D eigenvalue weighted by Gasteiger charge is 1.99. The summed E-state index contributed by atoms with van der Waals surface area (Å²) < 4.78 is 0. The van der Waals surface area contributed by atoms with Gasteiger partial charge < -0.3 is 0 Å².